The predicted molar refractivity (Wildman–Crippen MR) is 71.8 cm³/mol. The van der Waals surface area contributed by atoms with Gasteiger partial charge in [0.2, 0.25) is 5.13 Å². The second kappa shape index (κ2) is 5.26. The third kappa shape index (κ3) is 2.92. The zero-order valence-electron chi connectivity index (χ0n) is 10.5. The van der Waals surface area contributed by atoms with Gasteiger partial charge in [0.15, 0.2) is 5.01 Å². The lowest BCUT2D eigenvalue weighted by Gasteiger charge is -2.03. The Morgan fingerprint density at radius 3 is 2.94 bits per heavy atom. The number of aryl methyl sites for hydroxylation is 1. The molecule has 0 spiro atoms. The van der Waals surface area contributed by atoms with Gasteiger partial charge in [0.25, 0.3) is 5.56 Å². The van der Waals surface area contributed by atoms with Crippen molar-refractivity contribution in [2.75, 3.05) is 11.9 Å². The van der Waals surface area contributed by atoms with Crippen molar-refractivity contribution in [1.82, 2.24) is 20.4 Å². The van der Waals surface area contributed by atoms with Gasteiger partial charge in [0.05, 0.1) is 11.3 Å². The van der Waals surface area contributed by atoms with Gasteiger partial charge in [0, 0.05) is 6.54 Å². The normalized spacial score (nSPS) is 10.9. The molecule has 0 aromatic carbocycles. The van der Waals surface area contributed by atoms with E-state index in [0.29, 0.717) is 16.5 Å². The average Bonchev–Trinajstić information content (AvgIpc) is 2.78. The lowest BCUT2D eigenvalue weighted by atomic mass is 10.2. The average molecular weight is 265 g/mol. The summed E-state index contributed by atoms with van der Waals surface area (Å²) in [5.41, 5.74) is 1.02. The molecule has 0 unspecified atom stereocenters. The van der Waals surface area contributed by atoms with Gasteiger partial charge in [-0.15, -0.1) is 10.2 Å². The quantitative estimate of drug-likeness (QED) is 0.878. The molecule has 0 radical (unpaired) electrons. The Balaban J connectivity index is 2.24. The van der Waals surface area contributed by atoms with E-state index in [2.05, 4.69) is 39.6 Å². The third-order valence-corrected chi connectivity index (χ3v) is 3.16. The van der Waals surface area contributed by atoms with Crippen molar-refractivity contribution in [2.24, 2.45) is 5.92 Å². The number of nitrogens with zero attached hydrogens (tertiary/aromatic N) is 3. The summed E-state index contributed by atoms with van der Waals surface area (Å²) >= 11 is 1.37. The fourth-order valence-corrected chi connectivity index (χ4v) is 2.12. The number of aromatic amines is 1. The third-order valence-electron chi connectivity index (χ3n) is 2.25. The van der Waals surface area contributed by atoms with Crippen LogP contribution in [0, 0.1) is 12.8 Å². The van der Waals surface area contributed by atoms with Crippen molar-refractivity contribution in [3.63, 3.8) is 0 Å². The summed E-state index contributed by atoms with van der Waals surface area (Å²) in [6, 6.07) is 1.71. The zero-order chi connectivity index (χ0) is 13.1. The highest BCUT2D eigenvalue weighted by atomic mass is 32.1. The molecule has 0 atom stereocenters. The predicted octanol–water partition coefficient (Wildman–Crippen LogP) is 1.66. The Bertz CT molecular complexity index is 589. The second-order valence-electron chi connectivity index (χ2n) is 4.44. The minimum atomic E-state index is -0.243. The molecule has 2 N–H and O–H groups in total. The van der Waals surface area contributed by atoms with Crippen LogP contribution >= 0.6 is 11.3 Å². The molecule has 6 nitrogen and oxygen atoms in total. The molecule has 0 aliphatic carbocycles. The SMILES string of the molecule is Cc1cc(-c2nnc(NCC(C)C)s2)c(=O)[nH]n1. The number of H-pyrrole nitrogens is 1. The number of nitrogens with one attached hydrogen (secondary N) is 2. The van der Waals surface area contributed by atoms with Gasteiger partial charge in [-0.05, 0) is 18.9 Å². The van der Waals surface area contributed by atoms with E-state index in [9.17, 15) is 4.79 Å². The zero-order valence-corrected chi connectivity index (χ0v) is 11.3. The molecule has 7 heteroatoms. The van der Waals surface area contributed by atoms with Gasteiger partial charge in [-0.2, -0.15) is 5.10 Å². The number of rotatable bonds is 4. The van der Waals surface area contributed by atoms with E-state index in [-0.39, 0.29) is 5.56 Å². The fraction of sp³-hybridized carbons (Fsp3) is 0.455. The van der Waals surface area contributed by atoms with Crippen LogP contribution in [0.15, 0.2) is 10.9 Å². The summed E-state index contributed by atoms with van der Waals surface area (Å²) in [5.74, 6) is 0.531. The summed E-state index contributed by atoms with van der Waals surface area (Å²) in [6.07, 6.45) is 0. The van der Waals surface area contributed by atoms with Gasteiger partial charge < -0.3 is 5.32 Å². The molecule has 2 aromatic rings. The lowest BCUT2D eigenvalue weighted by molar-refractivity contribution is 0.687. The molecule has 0 fully saturated rings. The molecule has 0 aliphatic heterocycles. The van der Waals surface area contributed by atoms with Crippen LogP contribution in [0.4, 0.5) is 5.13 Å². The van der Waals surface area contributed by atoms with Crippen molar-refractivity contribution < 1.29 is 0 Å². The monoisotopic (exact) mass is 265 g/mol. The molecule has 2 rings (SSSR count). The Morgan fingerprint density at radius 1 is 1.44 bits per heavy atom. The van der Waals surface area contributed by atoms with Crippen LogP contribution in [0.5, 0.6) is 0 Å². The molecule has 2 aromatic heterocycles. The summed E-state index contributed by atoms with van der Waals surface area (Å²) in [6.45, 7) is 6.89. The second-order valence-corrected chi connectivity index (χ2v) is 5.42. The van der Waals surface area contributed by atoms with Crippen molar-refractivity contribution in [2.45, 2.75) is 20.8 Å². The molecular formula is C11H15N5OS. The standard InChI is InChI=1S/C11H15N5OS/c1-6(2)5-12-11-16-15-10(18-11)8-4-7(3)13-14-9(8)17/h4,6H,5H2,1-3H3,(H,12,16)(H,14,17). The van der Waals surface area contributed by atoms with Gasteiger partial charge >= 0.3 is 0 Å². The van der Waals surface area contributed by atoms with Crippen LogP contribution in [0.1, 0.15) is 19.5 Å². The highest BCUT2D eigenvalue weighted by Gasteiger charge is 2.11. The van der Waals surface area contributed by atoms with Crippen molar-refractivity contribution in [3.05, 3.63) is 22.1 Å². The van der Waals surface area contributed by atoms with E-state index in [4.69, 9.17) is 0 Å². The highest BCUT2D eigenvalue weighted by Crippen LogP contribution is 2.23. The lowest BCUT2D eigenvalue weighted by Crippen LogP contribution is -2.11. The Kier molecular flexibility index (Phi) is 3.71. The Labute approximate surface area is 108 Å². The number of hydrogen-bond donors (Lipinski definition) is 2. The minimum absolute atomic E-state index is 0.243. The van der Waals surface area contributed by atoms with Crippen LogP contribution in [0.3, 0.4) is 0 Å². The summed E-state index contributed by atoms with van der Waals surface area (Å²) in [5, 5.41) is 18.8. The fourth-order valence-electron chi connectivity index (χ4n) is 1.36. The van der Waals surface area contributed by atoms with E-state index < -0.39 is 0 Å². The molecular weight excluding hydrogens is 250 g/mol. The van der Waals surface area contributed by atoms with E-state index >= 15 is 0 Å². The Morgan fingerprint density at radius 2 is 2.22 bits per heavy atom. The maximum atomic E-state index is 11.6. The van der Waals surface area contributed by atoms with Crippen molar-refractivity contribution in [1.29, 1.82) is 0 Å². The molecule has 0 saturated carbocycles. The van der Waals surface area contributed by atoms with Crippen LogP contribution in [0.25, 0.3) is 10.6 Å². The van der Waals surface area contributed by atoms with E-state index in [1.165, 1.54) is 11.3 Å². The molecule has 2 heterocycles. The first kappa shape index (κ1) is 12.7. The van der Waals surface area contributed by atoms with Gasteiger partial charge in [-0.3, -0.25) is 4.79 Å². The number of aromatic nitrogens is 4. The first-order chi connectivity index (χ1) is 8.56. The van der Waals surface area contributed by atoms with Crippen LogP contribution in [0.2, 0.25) is 0 Å². The molecule has 0 saturated heterocycles. The Hall–Kier alpha value is -1.76. The first-order valence-electron chi connectivity index (χ1n) is 5.70. The first-order valence-corrected chi connectivity index (χ1v) is 6.52. The topological polar surface area (TPSA) is 83.6 Å². The highest BCUT2D eigenvalue weighted by molar-refractivity contribution is 7.18. The van der Waals surface area contributed by atoms with Gasteiger partial charge in [-0.1, -0.05) is 25.2 Å². The van der Waals surface area contributed by atoms with Crippen LogP contribution in [-0.2, 0) is 0 Å². The number of hydrogen-bond acceptors (Lipinski definition) is 6. The maximum absolute atomic E-state index is 11.6. The van der Waals surface area contributed by atoms with Crippen LogP contribution < -0.4 is 10.9 Å². The van der Waals surface area contributed by atoms with E-state index in [1.54, 1.807) is 6.07 Å². The van der Waals surface area contributed by atoms with Crippen LogP contribution in [-0.4, -0.2) is 26.9 Å². The van der Waals surface area contributed by atoms with E-state index in [1.807, 2.05) is 6.92 Å². The van der Waals surface area contributed by atoms with Gasteiger partial charge in [0.1, 0.15) is 0 Å². The summed E-state index contributed by atoms with van der Waals surface area (Å²) in [7, 11) is 0. The van der Waals surface area contributed by atoms with E-state index in [0.717, 1.165) is 17.4 Å². The maximum Gasteiger partial charge on any atom is 0.274 e. The largest absolute Gasteiger partial charge is 0.360 e. The van der Waals surface area contributed by atoms with Gasteiger partial charge in [-0.25, -0.2) is 5.10 Å². The minimum Gasteiger partial charge on any atom is -0.360 e. The smallest absolute Gasteiger partial charge is 0.274 e. The summed E-state index contributed by atoms with van der Waals surface area (Å²) in [4.78, 5) is 11.6. The van der Waals surface area contributed by atoms with Crippen molar-refractivity contribution >= 4 is 16.5 Å². The molecule has 0 amide bonds. The molecule has 0 aliphatic rings. The molecule has 0 bridgehead atoms. The van der Waals surface area contributed by atoms with Crippen molar-refractivity contribution in [3.8, 4) is 10.6 Å². The summed E-state index contributed by atoms with van der Waals surface area (Å²) < 4.78 is 0. The molecule has 18 heavy (non-hydrogen) atoms. The number of anilines is 1. The molecule has 96 valence electrons.